The first-order valence-corrected chi connectivity index (χ1v) is 8.13. The Morgan fingerprint density at radius 1 is 1.45 bits per heavy atom. The number of hydrogen-bond donors (Lipinski definition) is 1. The molecule has 7 heteroatoms. The topological polar surface area (TPSA) is 83.7 Å². The van der Waals surface area contributed by atoms with Crippen molar-refractivity contribution in [3.63, 3.8) is 0 Å². The van der Waals surface area contributed by atoms with E-state index in [2.05, 4.69) is 16.3 Å². The van der Waals surface area contributed by atoms with Crippen LogP contribution in [0.2, 0.25) is 0 Å². The largest absolute Gasteiger partial charge is 0.376 e. The van der Waals surface area contributed by atoms with E-state index in [-0.39, 0.29) is 11.8 Å². The summed E-state index contributed by atoms with van der Waals surface area (Å²) in [6, 6.07) is 9.52. The third-order valence-corrected chi connectivity index (χ3v) is 4.63. The SMILES string of the molecule is N#Cc1ccc(CSc2n[nH]c(=O)n2C[C@H]2CCCO2)cc1. The molecule has 2 heterocycles. The molecule has 0 unspecified atom stereocenters. The Labute approximate surface area is 132 Å². The molecule has 2 aromatic rings. The van der Waals surface area contributed by atoms with Gasteiger partial charge in [-0.25, -0.2) is 9.89 Å². The molecule has 1 aromatic heterocycles. The maximum absolute atomic E-state index is 11.9. The van der Waals surface area contributed by atoms with E-state index in [1.165, 1.54) is 11.8 Å². The number of benzene rings is 1. The normalized spacial score (nSPS) is 17.5. The Morgan fingerprint density at radius 3 is 2.95 bits per heavy atom. The van der Waals surface area contributed by atoms with Crippen molar-refractivity contribution in [3.05, 3.63) is 45.9 Å². The molecular formula is C15H16N4O2S. The zero-order valence-corrected chi connectivity index (χ0v) is 12.8. The zero-order chi connectivity index (χ0) is 15.4. The van der Waals surface area contributed by atoms with Crippen LogP contribution in [-0.4, -0.2) is 27.5 Å². The molecule has 114 valence electrons. The molecule has 0 bridgehead atoms. The molecule has 1 fully saturated rings. The van der Waals surface area contributed by atoms with Gasteiger partial charge in [-0.3, -0.25) is 4.57 Å². The number of H-pyrrole nitrogens is 1. The molecule has 1 N–H and O–H groups in total. The Bertz CT molecular complexity index is 723. The minimum absolute atomic E-state index is 0.101. The molecule has 1 aromatic carbocycles. The lowest BCUT2D eigenvalue weighted by atomic mass is 10.2. The smallest absolute Gasteiger partial charge is 0.344 e. The molecule has 1 aliphatic rings. The van der Waals surface area contributed by atoms with E-state index in [4.69, 9.17) is 10.00 Å². The summed E-state index contributed by atoms with van der Waals surface area (Å²) >= 11 is 1.50. The number of aromatic amines is 1. The highest BCUT2D eigenvalue weighted by atomic mass is 32.2. The summed E-state index contributed by atoms with van der Waals surface area (Å²) in [6.07, 6.45) is 2.13. The van der Waals surface area contributed by atoms with Crippen molar-refractivity contribution < 1.29 is 4.74 Å². The van der Waals surface area contributed by atoms with E-state index in [0.29, 0.717) is 23.0 Å². The molecule has 0 amide bonds. The first-order valence-electron chi connectivity index (χ1n) is 7.15. The highest BCUT2D eigenvalue weighted by molar-refractivity contribution is 7.98. The second-order valence-electron chi connectivity index (χ2n) is 5.15. The molecule has 22 heavy (non-hydrogen) atoms. The van der Waals surface area contributed by atoms with Gasteiger partial charge in [-0.15, -0.1) is 5.10 Å². The third kappa shape index (κ3) is 3.40. The van der Waals surface area contributed by atoms with E-state index < -0.39 is 0 Å². The molecule has 1 atom stereocenters. The van der Waals surface area contributed by atoms with E-state index in [9.17, 15) is 4.79 Å². The van der Waals surface area contributed by atoms with Gasteiger partial charge in [-0.2, -0.15) is 5.26 Å². The monoisotopic (exact) mass is 316 g/mol. The van der Waals surface area contributed by atoms with E-state index >= 15 is 0 Å². The van der Waals surface area contributed by atoms with Crippen LogP contribution in [0, 0.1) is 11.3 Å². The van der Waals surface area contributed by atoms with Crippen molar-refractivity contribution in [2.24, 2.45) is 0 Å². The van der Waals surface area contributed by atoms with Gasteiger partial charge in [0.05, 0.1) is 24.3 Å². The van der Waals surface area contributed by atoms with Crippen molar-refractivity contribution in [3.8, 4) is 6.07 Å². The van der Waals surface area contributed by atoms with Crippen LogP contribution in [-0.2, 0) is 17.0 Å². The Morgan fingerprint density at radius 2 is 2.27 bits per heavy atom. The number of rotatable bonds is 5. The predicted molar refractivity (Wildman–Crippen MR) is 82.5 cm³/mol. The molecule has 1 saturated heterocycles. The van der Waals surface area contributed by atoms with Crippen molar-refractivity contribution in [1.29, 1.82) is 5.26 Å². The van der Waals surface area contributed by atoms with Crippen LogP contribution in [0.1, 0.15) is 24.0 Å². The van der Waals surface area contributed by atoms with Gasteiger partial charge in [0.1, 0.15) is 0 Å². The standard InChI is InChI=1S/C15H16N4O2S/c16-8-11-3-5-12(6-4-11)10-22-15-18-17-14(20)19(15)9-13-2-1-7-21-13/h3-6,13H,1-2,7,9-10H2,(H,17,20)/t13-/m1/s1. The molecule has 0 aliphatic carbocycles. The summed E-state index contributed by atoms with van der Waals surface area (Å²) in [7, 11) is 0. The van der Waals surface area contributed by atoms with Crippen LogP contribution in [0.3, 0.4) is 0 Å². The van der Waals surface area contributed by atoms with Gasteiger partial charge in [-0.1, -0.05) is 23.9 Å². The van der Waals surface area contributed by atoms with Crippen LogP contribution in [0.5, 0.6) is 0 Å². The van der Waals surface area contributed by atoms with E-state index in [1.807, 2.05) is 12.1 Å². The highest BCUT2D eigenvalue weighted by Crippen LogP contribution is 2.21. The molecule has 3 rings (SSSR count). The maximum atomic E-state index is 11.9. The van der Waals surface area contributed by atoms with Gasteiger partial charge in [0.15, 0.2) is 5.16 Å². The second-order valence-corrected chi connectivity index (χ2v) is 6.10. The predicted octanol–water partition coefficient (Wildman–Crippen LogP) is 1.91. The van der Waals surface area contributed by atoms with Crippen molar-refractivity contribution in [2.75, 3.05) is 6.61 Å². The van der Waals surface area contributed by atoms with Gasteiger partial charge in [-0.05, 0) is 30.5 Å². The minimum Gasteiger partial charge on any atom is -0.376 e. The van der Waals surface area contributed by atoms with Crippen LogP contribution >= 0.6 is 11.8 Å². The van der Waals surface area contributed by atoms with Gasteiger partial charge in [0.2, 0.25) is 0 Å². The number of nitriles is 1. The van der Waals surface area contributed by atoms with Crippen LogP contribution in [0.15, 0.2) is 34.2 Å². The molecule has 0 radical (unpaired) electrons. The van der Waals surface area contributed by atoms with Crippen LogP contribution in [0.25, 0.3) is 0 Å². The summed E-state index contributed by atoms with van der Waals surface area (Å²) in [5.41, 5.74) is 1.53. The lowest BCUT2D eigenvalue weighted by Gasteiger charge is -2.10. The molecule has 0 saturated carbocycles. The first kappa shape index (κ1) is 14.9. The first-order chi connectivity index (χ1) is 10.8. The molecular weight excluding hydrogens is 300 g/mol. The van der Waals surface area contributed by atoms with E-state index in [1.54, 1.807) is 16.7 Å². The summed E-state index contributed by atoms with van der Waals surface area (Å²) < 4.78 is 7.23. The Kier molecular flexibility index (Phi) is 4.61. The summed E-state index contributed by atoms with van der Waals surface area (Å²) in [4.78, 5) is 11.9. The quantitative estimate of drug-likeness (QED) is 0.852. The number of ether oxygens (including phenoxy) is 1. The van der Waals surface area contributed by atoms with Crippen LogP contribution < -0.4 is 5.69 Å². The Balaban J connectivity index is 1.67. The van der Waals surface area contributed by atoms with Crippen LogP contribution in [0.4, 0.5) is 0 Å². The number of nitrogens with zero attached hydrogens (tertiary/aromatic N) is 3. The fourth-order valence-corrected chi connectivity index (χ4v) is 3.30. The van der Waals surface area contributed by atoms with Crippen molar-refractivity contribution in [1.82, 2.24) is 14.8 Å². The average molecular weight is 316 g/mol. The lowest BCUT2D eigenvalue weighted by Crippen LogP contribution is -2.24. The van der Waals surface area contributed by atoms with Gasteiger partial charge in [0.25, 0.3) is 0 Å². The third-order valence-electron chi connectivity index (χ3n) is 3.58. The summed E-state index contributed by atoms with van der Waals surface area (Å²) in [6.45, 7) is 1.32. The number of thioether (sulfide) groups is 1. The van der Waals surface area contributed by atoms with Gasteiger partial charge >= 0.3 is 5.69 Å². The molecule has 1 aliphatic heterocycles. The minimum atomic E-state index is -0.196. The highest BCUT2D eigenvalue weighted by Gasteiger charge is 2.19. The average Bonchev–Trinajstić information content (AvgIpc) is 3.18. The lowest BCUT2D eigenvalue weighted by molar-refractivity contribution is 0.0941. The zero-order valence-electron chi connectivity index (χ0n) is 12.0. The number of aromatic nitrogens is 3. The molecule has 0 spiro atoms. The Hall–Kier alpha value is -2.04. The number of nitrogens with one attached hydrogen (secondary N) is 1. The van der Waals surface area contributed by atoms with Crippen molar-refractivity contribution >= 4 is 11.8 Å². The maximum Gasteiger partial charge on any atom is 0.344 e. The summed E-state index contributed by atoms with van der Waals surface area (Å²) in [5.74, 6) is 0.696. The van der Waals surface area contributed by atoms with E-state index in [0.717, 1.165) is 25.0 Å². The summed E-state index contributed by atoms with van der Waals surface area (Å²) in [5, 5.41) is 16.1. The van der Waals surface area contributed by atoms with Gasteiger partial charge in [0, 0.05) is 12.4 Å². The fourth-order valence-electron chi connectivity index (χ4n) is 2.39. The fraction of sp³-hybridized carbons (Fsp3) is 0.400. The second kappa shape index (κ2) is 6.81. The van der Waals surface area contributed by atoms with Gasteiger partial charge < -0.3 is 4.74 Å². The number of hydrogen-bond acceptors (Lipinski definition) is 5. The molecule has 6 nitrogen and oxygen atoms in total. The van der Waals surface area contributed by atoms with Crippen molar-refractivity contribution in [2.45, 2.75) is 36.4 Å².